The van der Waals surface area contributed by atoms with Gasteiger partial charge < -0.3 is 5.11 Å². The molecule has 0 spiro atoms. The van der Waals surface area contributed by atoms with Crippen LogP contribution in [-0.2, 0) is 9.84 Å². The van der Waals surface area contributed by atoms with Crippen LogP contribution in [-0.4, -0.2) is 24.9 Å². The monoisotopic (exact) mass is 254 g/mol. The Morgan fingerprint density at radius 1 is 1.29 bits per heavy atom. The van der Waals surface area contributed by atoms with Crippen molar-refractivity contribution in [3.63, 3.8) is 0 Å². The lowest BCUT2D eigenvalue weighted by Gasteiger charge is -2.25. The van der Waals surface area contributed by atoms with Gasteiger partial charge in [0.05, 0.1) is 16.2 Å². The third-order valence-corrected chi connectivity index (χ3v) is 5.57. The van der Waals surface area contributed by atoms with Crippen LogP contribution in [0.15, 0.2) is 29.2 Å². The van der Waals surface area contributed by atoms with Gasteiger partial charge in [-0.15, -0.1) is 0 Å². The molecule has 0 amide bonds. The fourth-order valence-corrected chi connectivity index (χ4v) is 4.34. The third-order valence-electron chi connectivity index (χ3n) is 3.36. The largest absolute Gasteiger partial charge is 0.393 e. The summed E-state index contributed by atoms with van der Waals surface area (Å²) < 4.78 is 24.7. The molecule has 1 fully saturated rings. The first kappa shape index (κ1) is 12.6. The molecule has 1 saturated carbocycles. The molecular weight excluding hydrogens is 236 g/mol. The molecule has 0 aromatic heterocycles. The van der Waals surface area contributed by atoms with Crippen LogP contribution in [0.25, 0.3) is 0 Å². The summed E-state index contributed by atoms with van der Waals surface area (Å²) in [6, 6.07) is 7.00. The van der Waals surface area contributed by atoms with Crippen molar-refractivity contribution in [2.45, 2.75) is 48.9 Å². The molecule has 94 valence electrons. The van der Waals surface area contributed by atoms with E-state index in [1.165, 1.54) is 0 Å². The number of aliphatic hydroxyl groups is 1. The van der Waals surface area contributed by atoms with Crippen molar-refractivity contribution < 1.29 is 13.5 Å². The quantitative estimate of drug-likeness (QED) is 0.879. The molecule has 1 aliphatic carbocycles. The Bertz CT molecular complexity index is 493. The second-order valence-electron chi connectivity index (χ2n) is 4.80. The van der Waals surface area contributed by atoms with Crippen LogP contribution in [0.2, 0.25) is 0 Å². The summed E-state index contributed by atoms with van der Waals surface area (Å²) >= 11 is 0. The number of hydrogen-bond donors (Lipinski definition) is 1. The highest BCUT2D eigenvalue weighted by Gasteiger charge is 2.32. The van der Waals surface area contributed by atoms with E-state index in [9.17, 15) is 13.5 Å². The van der Waals surface area contributed by atoms with E-state index in [-0.39, 0.29) is 0 Å². The molecule has 1 aliphatic rings. The van der Waals surface area contributed by atoms with Crippen molar-refractivity contribution in [1.82, 2.24) is 0 Å². The van der Waals surface area contributed by atoms with Crippen molar-refractivity contribution in [1.29, 1.82) is 0 Å². The zero-order chi connectivity index (χ0) is 12.5. The van der Waals surface area contributed by atoms with Crippen LogP contribution in [0, 0.1) is 6.92 Å². The van der Waals surface area contributed by atoms with Crippen LogP contribution < -0.4 is 0 Å². The maximum atomic E-state index is 12.4. The number of aryl methyl sites for hydroxylation is 1. The first-order valence-corrected chi connectivity index (χ1v) is 7.53. The van der Waals surface area contributed by atoms with Crippen molar-refractivity contribution in [3.05, 3.63) is 29.8 Å². The minimum absolute atomic E-state index is 0.371. The van der Waals surface area contributed by atoms with Gasteiger partial charge in [0.1, 0.15) is 0 Å². The van der Waals surface area contributed by atoms with Crippen molar-refractivity contribution in [2.24, 2.45) is 0 Å². The van der Waals surface area contributed by atoms with E-state index in [1.807, 2.05) is 13.0 Å². The van der Waals surface area contributed by atoms with Crippen LogP contribution in [0.4, 0.5) is 0 Å². The lowest BCUT2D eigenvalue weighted by Crippen LogP contribution is -2.30. The molecule has 1 aromatic rings. The van der Waals surface area contributed by atoms with Gasteiger partial charge in [-0.2, -0.15) is 0 Å². The molecule has 2 rings (SSSR count). The summed E-state index contributed by atoms with van der Waals surface area (Å²) in [4.78, 5) is 0.386. The van der Waals surface area contributed by atoms with Gasteiger partial charge in [-0.25, -0.2) is 8.42 Å². The van der Waals surface area contributed by atoms with Crippen LogP contribution >= 0.6 is 0 Å². The van der Waals surface area contributed by atoms with E-state index in [1.54, 1.807) is 18.2 Å². The molecule has 4 heteroatoms. The minimum atomic E-state index is -3.28. The molecule has 0 saturated heterocycles. The fourth-order valence-electron chi connectivity index (χ4n) is 2.39. The molecule has 0 aliphatic heterocycles. The van der Waals surface area contributed by atoms with Gasteiger partial charge in [-0.1, -0.05) is 12.1 Å². The van der Waals surface area contributed by atoms with Gasteiger partial charge in [-0.3, -0.25) is 0 Å². The van der Waals surface area contributed by atoms with Gasteiger partial charge in [0, 0.05) is 0 Å². The summed E-state index contributed by atoms with van der Waals surface area (Å²) in [6.07, 6.45) is 2.08. The predicted octanol–water partition coefficient (Wildman–Crippen LogP) is 2.07. The molecular formula is C13H18O3S. The lowest BCUT2D eigenvalue weighted by atomic mass is 9.97. The summed E-state index contributed by atoms with van der Waals surface area (Å²) in [5.74, 6) is 0. The smallest absolute Gasteiger partial charge is 0.181 e. The van der Waals surface area contributed by atoms with Gasteiger partial charge in [0.2, 0.25) is 0 Å². The first-order chi connectivity index (χ1) is 8.00. The second kappa shape index (κ2) is 4.78. The summed E-state index contributed by atoms with van der Waals surface area (Å²) in [7, 11) is -3.28. The van der Waals surface area contributed by atoms with Crippen molar-refractivity contribution in [3.8, 4) is 0 Å². The summed E-state index contributed by atoms with van der Waals surface area (Å²) in [5, 5.41) is 9.16. The van der Waals surface area contributed by atoms with Crippen molar-refractivity contribution in [2.75, 3.05) is 0 Å². The number of sulfone groups is 1. The topological polar surface area (TPSA) is 54.4 Å². The number of benzene rings is 1. The number of rotatable bonds is 2. The Balaban J connectivity index is 2.29. The summed E-state index contributed by atoms with van der Waals surface area (Å²) in [5.41, 5.74) is 0.947. The molecule has 3 nitrogen and oxygen atoms in total. The van der Waals surface area contributed by atoms with E-state index < -0.39 is 21.2 Å². The Hall–Kier alpha value is -0.870. The highest BCUT2D eigenvalue weighted by atomic mass is 32.2. The van der Waals surface area contributed by atoms with Gasteiger partial charge in [-0.05, 0) is 50.3 Å². The molecule has 0 bridgehead atoms. The van der Waals surface area contributed by atoms with E-state index in [0.717, 1.165) is 18.4 Å². The summed E-state index contributed by atoms with van der Waals surface area (Å²) in [6.45, 7) is 1.88. The maximum Gasteiger partial charge on any atom is 0.181 e. The third kappa shape index (κ3) is 2.69. The highest BCUT2D eigenvalue weighted by molar-refractivity contribution is 7.92. The van der Waals surface area contributed by atoms with Crippen LogP contribution in [0.1, 0.15) is 31.2 Å². The SMILES string of the molecule is Cc1cccc(S(=O)(=O)C2CCCC(O)C2)c1. The molecule has 17 heavy (non-hydrogen) atoms. The Kier molecular flexibility index (Phi) is 3.54. The molecule has 1 N–H and O–H groups in total. The van der Waals surface area contributed by atoms with E-state index >= 15 is 0 Å². The van der Waals surface area contributed by atoms with Gasteiger partial charge in [0.25, 0.3) is 0 Å². The van der Waals surface area contributed by atoms with Gasteiger partial charge in [0.15, 0.2) is 9.84 Å². The molecule has 2 atom stereocenters. The number of aliphatic hydroxyl groups excluding tert-OH is 1. The van der Waals surface area contributed by atoms with Crippen LogP contribution in [0.5, 0.6) is 0 Å². The Labute approximate surface area is 102 Å². The Morgan fingerprint density at radius 2 is 2.06 bits per heavy atom. The average molecular weight is 254 g/mol. The molecule has 0 heterocycles. The zero-order valence-corrected chi connectivity index (χ0v) is 10.8. The first-order valence-electron chi connectivity index (χ1n) is 5.99. The standard InChI is InChI=1S/C13H18O3S/c1-10-4-2-6-12(8-10)17(15,16)13-7-3-5-11(14)9-13/h2,4,6,8,11,13-14H,3,5,7,9H2,1H3. The second-order valence-corrected chi connectivity index (χ2v) is 7.03. The average Bonchev–Trinajstić information content (AvgIpc) is 2.29. The van der Waals surface area contributed by atoms with E-state index in [0.29, 0.717) is 17.7 Å². The van der Waals surface area contributed by atoms with Gasteiger partial charge >= 0.3 is 0 Å². The van der Waals surface area contributed by atoms with Crippen molar-refractivity contribution >= 4 is 9.84 Å². The minimum Gasteiger partial charge on any atom is -0.393 e. The fraction of sp³-hybridized carbons (Fsp3) is 0.538. The molecule has 2 unspecified atom stereocenters. The maximum absolute atomic E-state index is 12.4. The lowest BCUT2D eigenvalue weighted by molar-refractivity contribution is 0.131. The molecule has 0 radical (unpaired) electrons. The highest BCUT2D eigenvalue weighted by Crippen LogP contribution is 2.29. The normalized spacial score (nSPS) is 25.8. The van der Waals surface area contributed by atoms with E-state index in [4.69, 9.17) is 0 Å². The zero-order valence-electron chi connectivity index (χ0n) is 9.96. The van der Waals surface area contributed by atoms with E-state index in [2.05, 4.69) is 0 Å². The predicted molar refractivity (Wildman–Crippen MR) is 66.6 cm³/mol. The van der Waals surface area contributed by atoms with Crippen LogP contribution in [0.3, 0.4) is 0 Å². The number of hydrogen-bond acceptors (Lipinski definition) is 3. The Morgan fingerprint density at radius 3 is 2.71 bits per heavy atom. The molecule has 1 aromatic carbocycles.